The zero-order valence-corrected chi connectivity index (χ0v) is 21.5. The zero-order valence-electron chi connectivity index (χ0n) is 18.2. The van der Waals surface area contributed by atoms with E-state index in [-0.39, 0.29) is 4.90 Å². The molecule has 0 N–H and O–H groups in total. The molecule has 0 fully saturated rings. The van der Waals surface area contributed by atoms with Gasteiger partial charge in [0.15, 0.2) is 4.80 Å². The number of ether oxygens (including phenoxy) is 1. The monoisotopic (exact) mass is 539 g/mol. The first-order valence-electron chi connectivity index (χ1n) is 10.4. The third kappa shape index (κ3) is 5.37. The van der Waals surface area contributed by atoms with Crippen molar-refractivity contribution in [2.75, 3.05) is 26.3 Å². The SMILES string of the molecule is CCOCCn1c(=NC(=O)c2ccc(S(=O)(=O)N(CC)CC)cc2)sc2cc(Br)ccc21. The lowest BCUT2D eigenvalue weighted by atomic mass is 10.2. The van der Waals surface area contributed by atoms with Crippen LogP contribution in [0.3, 0.4) is 0 Å². The first kappa shape index (κ1) is 24.8. The first-order chi connectivity index (χ1) is 15.3. The summed E-state index contributed by atoms with van der Waals surface area (Å²) in [5.41, 5.74) is 1.31. The quantitative estimate of drug-likeness (QED) is 0.380. The second kappa shape index (κ2) is 10.8. The number of nitrogens with zero attached hydrogens (tertiary/aromatic N) is 3. The number of halogens is 1. The van der Waals surface area contributed by atoms with Crippen molar-refractivity contribution in [3.05, 3.63) is 57.3 Å². The highest BCUT2D eigenvalue weighted by Gasteiger charge is 2.21. The van der Waals surface area contributed by atoms with E-state index in [9.17, 15) is 13.2 Å². The highest BCUT2D eigenvalue weighted by atomic mass is 79.9. The Balaban J connectivity index is 1.96. The largest absolute Gasteiger partial charge is 0.380 e. The van der Waals surface area contributed by atoms with Crippen molar-refractivity contribution >= 4 is 53.4 Å². The molecule has 172 valence electrons. The van der Waals surface area contributed by atoms with Gasteiger partial charge in [-0.2, -0.15) is 9.30 Å². The predicted octanol–water partition coefficient (Wildman–Crippen LogP) is 4.27. The second-order valence-electron chi connectivity index (χ2n) is 6.88. The molecule has 7 nitrogen and oxygen atoms in total. The van der Waals surface area contributed by atoms with Crippen molar-refractivity contribution in [1.82, 2.24) is 8.87 Å². The lowest BCUT2D eigenvalue weighted by Crippen LogP contribution is -2.30. The van der Waals surface area contributed by atoms with Crippen LogP contribution in [0.2, 0.25) is 0 Å². The lowest BCUT2D eigenvalue weighted by Gasteiger charge is -2.18. The van der Waals surface area contributed by atoms with Crippen molar-refractivity contribution in [2.45, 2.75) is 32.2 Å². The number of amides is 1. The molecule has 0 atom stereocenters. The van der Waals surface area contributed by atoms with E-state index in [0.717, 1.165) is 14.7 Å². The third-order valence-corrected chi connectivity index (χ3v) is 8.55. The summed E-state index contributed by atoms with van der Waals surface area (Å²) in [7, 11) is -3.57. The van der Waals surface area contributed by atoms with E-state index in [1.165, 1.54) is 39.9 Å². The Morgan fingerprint density at radius 1 is 1.12 bits per heavy atom. The van der Waals surface area contributed by atoms with Crippen molar-refractivity contribution in [2.24, 2.45) is 4.99 Å². The summed E-state index contributed by atoms with van der Waals surface area (Å²) in [5, 5.41) is 0. The number of thiazole rings is 1. The maximum Gasteiger partial charge on any atom is 0.279 e. The molecule has 0 aliphatic rings. The summed E-state index contributed by atoms with van der Waals surface area (Å²) < 4.78 is 36.1. The molecule has 3 rings (SSSR count). The fraction of sp³-hybridized carbons (Fsp3) is 0.364. The fourth-order valence-electron chi connectivity index (χ4n) is 3.28. The standard InChI is InChI=1S/C22H26BrN3O4S2/c1-4-25(5-2)32(28,29)18-10-7-16(8-11-18)21(27)24-22-26(13-14-30-6-3)19-12-9-17(23)15-20(19)31-22/h7-12,15H,4-6,13-14H2,1-3H3. The van der Waals surface area contributed by atoms with Gasteiger partial charge in [0.1, 0.15) is 0 Å². The summed E-state index contributed by atoms with van der Waals surface area (Å²) in [6.07, 6.45) is 0. The van der Waals surface area contributed by atoms with Crippen molar-refractivity contribution in [3.63, 3.8) is 0 Å². The van der Waals surface area contributed by atoms with Gasteiger partial charge in [-0.15, -0.1) is 0 Å². The normalized spacial score (nSPS) is 12.7. The van der Waals surface area contributed by atoms with Gasteiger partial charge in [0.25, 0.3) is 5.91 Å². The molecular weight excluding hydrogens is 514 g/mol. The van der Waals surface area contributed by atoms with Gasteiger partial charge in [-0.1, -0.05) is 41.1 Å². The van der Waals surface area contributed by atoms with Gasteiger partial charge in [0.05, 0.1) is 21.7 Å². The van der Waals surface area contributed by atoms with E-state index in [4.69, 9.17) is 4.74 Å². The molecule has 10 heteroatoms. The van der Waals surface area contributed by atoms with Gasteiger partial charge in [-0.05, 0) is 49.4 Å². The molecule has 0 spiro atoms. The Morgan fingerprint density at radius 3 is 2.44 bits per heavy atom. The number of rotatable bonds is 9. The molecule has 1 heterocycles. The molecule has 0 unspecified atom stereocenters. The summed E-state index contributed by atoms with van der Waals surface area (Å²) in [4.78, 5) is 18.0. The summed E-state index contributed by atoms with van der Waals surface area (Å²) in [6, 6.07) is 11.9. The minimum absolute atomic E-state index is 0.163. The third-order valence-electron chi connectivity index (χ3n) is 4.95. The molecule has 1 aromatic heterocycles. The Hall–Kier alpha value is -1.85. The number of hydrogen-bond donors (Lipinski definition) is 0. The van der Waals surface area contributed by atoms with Crippen molar-refractivity contribution in [1.29, 1.82) is 0 Å². The number of aromatic nitrogens is 1. The topological polar surface area (TPSA) is 81.0 Å². The van der Waals surface area contributed by atoms with E-state index in [1.807, 2.05) is 29.7 Å². The van der Waals surface area contributed by atoms with Crippen LogP contribution in [0.1, 0.15) is 31.1 Å². The van der Waals surface area contributed by atoms with Crippen LogP contribution in [-0.4, -0.2) is 49.5 Å². The first-order valence-corrected chi connectivity index (χ1v) is 13.4. The Morgan fingerprint density at radius 2 is 1.81 bits per heavy atom. The molecule has 2 aromatic carbocycles. The summed E-state index contributed by atoms with van der Waals surface area (Å²) >= 11 is 4.91. The van der Waals surface area contributed by atoms with Crippen LogP contribution >= 0.6 is 27.3 Å². The van der Waals surface area contributed by atoms with Gasteiger partial charge < -0.3 is 9.30 Å². The highest BCUT2D eigenvalue weighted by molar-refractivity contribution is 9.10. The molecule has 3 aromatic rings. The molecule has 0 bridgehead atoms. The van der Waals surface area contributed by atoms with Crippen molar-refractivity contribution < 1.29 is 17.9 Å². The van der Waals surface area contributed by atoms with E-state index < -0.39 is 15.9 Å². The van der Waals surface area contributed by atoms with Crippen LogP contribution in [0, 0.1) is 0 Å². The average Bonchev–Trinajstić information content (AvgIpc) is 3.10. The number of carbonyl (C=O) groups excluding carboxylic acids is 1. The maximum atomic E-state index is 12.9. The predicted molar refractivity (Wildman–Crippen MR) is 130 cm³/mol. The summed E-state index contributed by atoms with van der Waals surface area (Å²) in [6.45, 7) is 8.00. The van der Waals surface area contributed by atoms with Crippen LogP contribution in [0.15, 0.2) is 56.8 Å². The molecule has 0 saturated carbocycles. The van der Waals surface area contributed by atoms with Crippen LogP contribution in [0.4, 0.5) is 0 Å². The molecule has 0 radical (unpaired) electrons. The molecule has 32 heavy (non-hydrogen) atoms. The van der Waals surface area contributed by atoms with E-state index in [1.54, 1.807) is 13.8 Å². The number of sulfonamides is 1. The lowest BCUT2D eigenvalue weighted by molar-refractivity contribution is 0.0996. The minimum Gasteiger partial charge on any atom is -0.380 e. The van der Waals surface area contributed by atoms with Crippen LogP contribution < -0.4 is 4.80 Å². The number of carbonyl (C=O) groups is 1. The smallest absolute Gasteiger partial charge is 0.279 e. The van der Waals surface area contributed by atoms with Gasteiger partial charge in [0.2, 0.25) is 10.0 Å². The number of fused-ring (bicyclic) bond motifs is 1. The van der Waals surface area contributed by atoms with Gasteiger partial charge in [-0.25, -0.2) is 8.42 Å². The van der Waals surface area contributed by atoms with Crippen LogP contribution in [0.5, 0.6) is 0 Å². The Bertz CT molecular complexity index is 1260. The van der Waals surface area contributed by atoms with Gasteiger partial charge in [0, 0.05) is 36.3 Å². The van der Waals surface area contributed by atoms with E-state index >= 15 is 0 Å². The van der Waals surface area contributed by atoms with E-state index in [0.29, 0.717) is 43.2 Å². The Labute approximate surface area is 200 Å². The van der Waals surface area contributed by atoms with Crippen LogP contribution in [0.25, 0.3) is 10.2 Å². The van der Waals surface area contributed by atoms with Crippen LogP contribution in [-0.2, 0) is 21.3 Å². The maximum absolute atomic E-state index is 12.9. The molecule has 0 aliphatic heterocycles. The molecule has 0 aliphatic carbocycles. The Kier molecular flexibility index (Phi) is 8.40. The fourth-order valence-corrected chi connectivity index (χ4v) is 6.35. The highest BCUT2D eigenvalue weighted by Crippen LogP contribution is 2.22. The number of hydrogen-bond acceptors (Lipinski definition) is 5. The van der Waals surface area contributed by atoms with Crippen molar-refractivity contribution in [3.8, 4) is 0 Å². The van der Waals surface area contributed by atoms with Gasteiger partial charge >= 0.3 is 0 Å². The number of benzene rings is 2. The zero-order chi connectivity index (χ0) is 23.3. The van der Waals surface area contributed by atoms with E-state index in [2.05, 4.69) is 20.9 Å². The second-order valence-corrected chi connectivity index (χ2v) is 10.7. The molecular formula is C22H26BrN3O4S2. The van der Waals surface area contributed by atoms with Gasteiger partial charge in [-0.3, -0.25) is 4.79 Å². The summed E-state index contributed by atoms with van der Waals surface area (Å²) in [5.74, 6) is -0.424. The molecule has 1 amide bonds. The average molecular weight is 541 g/mol. The minimum atomic E-state index is -3.57. The molecule has 0 saturated heterocycles.